The van der Waals surface area contributed by atoms with Gasteiger partial charge in [0.25, 0.3) is 0 Å². The Balaban J connectivity index is 0.000000485. The van der Waals surface area contributed by atoms with Gasteiger partial charge in [0.1, 0.15) is 5.83 Å². The summed E-state index contributed by atoms with van der Waals surface area (Å²) in [5.41, 5.74) is 7.50. The number of allylic oxidation sites excluding steroid dienone is 8. The van der Waals surface area contributed by atoms with E-state index < -0.39 is 50.5 Å². The molecule has 0 heterocycles. The fourth-order valence-electron chi connectivity index (χ4n) is 9.61. The summed E-state index contributed by atoms with van der Waals surface area (Å²) < 4.78 is 14.1. The van der Waals surface area contributed by atoms with Gasteiger partial charge in [-0.2, -0.15) is 0 Å². The van der Waals surface area contributed by atoms with Gasteiger partial charge in [-0.05, 0) is 87.5 Å². The third-order valence-electron chi connectivity index (χ3n) is 12.1. The fraction of sp³-hybridized carbons (Fsp3) is 0.644. The Morgan fingerprint density at radius 1 is 0.804 bits per heavy atom. The average Bonchev–Trinajstić information content (AvgIpc) is 3.84. The molecule has 5 aliphatic rings. The van der Waals surface area contributed by atoms with Gasteiger partial charge in [0.05, 0.1) is 0 Å². The first-order valence-electron chi connectivity index (χ1n) is 20.3. The third kappa shape index (κ3) is 17.3. The minimum absolute atomic E-state index is 0. The van der Waals surface area contributed by atoms with Gasteiger partial charge in [-0.15, -0.1) is 11.7 Å². The van der Waals surface area contributed by atoms with Crippen LogP contribution in [0.25, 0.3) is 9.96 Å². The second kappa shape index (κ2) is 25.7. The van der Waals surface area contributed by atoms with E-state index in [-0.39, 0.29) is 32.0 Å². The molecule has 6 rings (SSSR count). The van der Waals surface area contributed by atoms with Gasteiger partial charge >= 0.3 is 71.3 Å². The normalized spacial score (nSPS) is 25.6. The number of aryl methyl sites for hydroxylation is 1. The molecule has 6 unspecified atom stereocenters. The van der Waals surface area contributed by atoms with Crippen LogP contribution < -0.4 is 0 Å². The Morgan fingerprint density at radius 2 is 1.38 bits per heavy atom. The number of benzene rings is 1. The summed E-state index contributed by atoms with van der Waals surface area (Å²) in [5.74, 6) is 3.86. The Labute approximate surface area is 380 Å². The Kier molecular flexibility index (Phi) is 25.2. The molecule has 1 aromatic rings. The SMILES string of the molecule is CC1CC2C(F)=CC=C(C[Si](C)(C)[N-]C3CCCC3)C2C1.CCC1CC2C=C(C(C)(C)C)C=C(C[Si](C)(C)[N-]c3ccccc3C)C2C1.[CH3-].[CH3-].[Cl][Ti][Cl].[Cl][Ti][Cl]. The predicted molar refractivity (Wildman–Crippen MR) is 249 cm³/mol. The summed E-state index contributed by atoms with van der Waals surface area (Å²) in [6.07, 6.45) is 20.6. The van der Waals surface area contributed by atoms with Gasteiger partial charge in [-0.25, -0.2) is 4.39 Å². The molecule has 3 saturated carbocycles. The molecule has 3 fully saturated rings. The van der Waals surface area contributed by atoms with Crippen LogP contribution in [-0.4, -0.2) is 22.5 Å². The number of fused-ring (bicyclic) bond motifs is 2. The standard InChI is InChI=1S/C25H38NSi.C18H29FNSi.2CH3.4ClH.2Ti/c1-8-19-13-20-15-22(25(3,4)5)16-21(23(20)14-19)17-27(6,7)26-24-12-10-9-11-18(24)2;1-13-10-16-14(8-9-18(19)17(16)11-13)12-21(2,3)20-15-6-4-5-7-15;;;;;;;;/h9-12,15-16,19-20,23H,8,13-14,17H2,1-7H3;8-9,13,15-17H,4-7,10-12H2,1-3H3;2*1H3;4*1H;;/q4*-1;;;;;2*+2/p-4. The number of hydrogen-bond acceptors (Lipinski definition) is 0. The molecule has 0 aromatic heterocycles. The molecule has 0 N–H and O–H groups in total. The molecule has 11 heteroatoms. The van der Waals surface area contributed by atoms with Crippen LogP contribution in [0.3, 0.4) is 0 Å². The van der Waals surface area contributed by atoms with E-state index in [0.29, 0.717) is 17.9 Å². The zero-order valence-electron chi connectivity index (χ0n) is 36.7. The molecule has 0 bridgehead atoms. The molecule has 0 spiro atoms. The van der Waals surface area contributed by atoms with E-state index in [2.05, 4.69) is 110 Å². The molecule has 0 amide bonds. The second-order valence-corrected chi connectivity index (χ2v) is 32.4. The number of rotatable bonds is 9. The van der Waals surface area contributed by atoms with Gasteiger partial charge in [-0.1, -0.05) is 172 Å². The van der Waals surface area contributed by atoms with Crippen LogP contribution in [0.1, 0.15) is 98.0 Å². The van der Waals surface area contributed by atoms with Crippen molar-refractivity contribution in [2.24, 2.45) is 40.9 Å². The van der Waals surface area contributed by atoms with E-state index in [1.165, 1.54) is 74.2 Å². The van der Waals surface area contributed by atoms with E-state index in [0.717, 1.165) is 30.2 Å². The summed E-state index contributed by atoms with van der Waals surface area (Å²) >= 11 is -1.11. The Morgan fingerprint density at radius 3 is 1.95 bits per heavy atom. The van der Waals surface area contributed by atoms with Crippen molar-refractivity contribution in [1.82, 2.24) is 0 Å². The van der Waals surface area contributed by atoms with Gasteiger partial charge in [-0.3, -0.25) is 0 Å². The molecule has 2 nitrogen and oxygen atoms in total. The molecule has 6 atom stereocenters. The van der Waals surface area contributed by atoms with Crippen molar-refractivity contribution in [1.29, 1.82) is 0 Å². The van der Waals surface area contributed by atoms with Crippen LogP contribution in [-0.2, 0) is 34.1 Å². The summed E-state index contributed by atoms with van der Waals surface area (Å²) in [7, 11) is 16.3. The number of hydrogen-bond donors (Lipinski definition) is 0. The third-order valence-corrected chi connectivity index (χ3v) is 16.6. The zero-order valence-corrected chi connectivity index (χ0v) is 44.9. The summed E-state index contributed by atoms with van der Waals surface area (Å²) in [5, 5.41) is 0. The summed E-state index contributed by atoms with van der Waals surface area (Å²) in [4.78, 5) is 10.5. The van der Waals surface area contributed by atoms with Gasteiger partial charge in [0, 0.05) is 5.92 Å². The zero-order chi connectivity index (χ0) is 40.3. The summed E-state index contributed by atoms with van der Waals surface area (Å²) in [6, 6.07) is 11.6. The first kappa shape index (κ1) is 54.9. The van der Waals surface area contributed by atoms with Gasteiger partial charge < -0.3 is 24.8 Å². The Hall–Kier alpha value is 0.892. The molecule has 0 radical (unpaired) electrons. The van der Waals surface area contributed by atoms with Gasteiger partial charge in [0.15, 0.2) is 0 Å². The molecule has 318 valence electrons. The monoisotopic (exact) mass is 952 g/mol. The second-order valence-electron chi connectivity index (χ2n) is 18.8. The quantitative estimate of drug-likeness (QED) is 0.174. The van der Waals surface area contributed by atoms with E-state index in [9.17, 15) is 4.39 Å². The van der Waals surface area contributed by atoms with E-state index in [1.807, 2.05) is 0 Å². The van der Waals surface area contributed by atoms with Crippen LogP contribution >= 0.6 is 37.2 Å². The molecule has 1 aromatic carbocycles. The van der Waals surface area contributed by atoms with Crippen molar-refractivity contribution in [2.75, 3.05) is 0 Å². The van der Waals surface area contributed by atoms with Crippen molar-refractivity contribution in [2.45, 2.75) is 144 Å². The molecule has 0 aliphatic heterocycles. The van der Waals surface area contributed by atoms with E-state index in [4.69, 9.17) is 47.2 Å². The van der Waals surface area contributed by atoms with Crippen LogP contribution in [0, 0.1) is 62.7 Å². The van der Waals surface area contributed by atoms with E-state index >= 15 is 0 Å². The fourth-order valence-corrected chi connectivity index (χ4v) is 14.7. The van der Waals surface area contributed by atoms with Crippen molar-refractivity contribution < 1.29 is 38.5 Å². The van der Waals surface area contributed by atoms with Crippen molar-refractivity contribution >= 4 is 59.4 Å². The maximum absolute atomic E-state index is 14.1. The maximum atomic E-state index is 14.1. The minimum atomic E-state index is -1.71. The van der Waals surface area contributed by atoms with Crippen molar-refractivity contribution in [3.05, 3.63) is 101 Å². The van der Waals surface area contributed by atoms with Crippen LogP contribution in [0.15, 0.2) is 71.1 Å². The van der Waals surface area contributed by atoms with Crippen LogP contribution in [0.5, 0.6) is 0 Å². The van der Waals surface area contributed by atoms with Gasteiger partial charge in [0.2, 0.25) is 0 Å². The van der Waals surface area contributed by atoms with Crippen LogP contribution in [0.4, 0.5) is 10.1 Å². The molecule has 56 heavy (non-hydrogen) atoms. The van der Waals surface area contributed by atoms with Crippen molar-refractivity contribution in [3.8, 4) is 0 Å². The van der Waals surface area contributed by atoms with E-state index in [1.54, 1.807) is 17.2 Å². The summed E-state index contributed by atoms with van der Waals surface area (Å²) in [6.45, 7) is 23.6. The predicted octanol–water partition coefficient (Wildman–Crippen LogP) is 17.8. The number of nitrogens with zero attached hydrogens (tertiary/aromatic N) is 2. The molecular formula is C45H73Cl4FN2Si2Ti2-4. The molecule has 0 saturated heterocycles. The topological polar surface area (TPSA) is 28.2 Å². The first-order chi connectivity index (χ1) is 25.4. The van der Waals surface area contributed by atoms with Crippen LogP contribution in [0.2, 0.25) is 38.3 Å². The Bertz CT molecular complexity index is 1450. The first-order valence-corrected chi connectivity index (χ1v) is 35.2. The molecular weight excluding hydrogens is 881 g/mol. The number of halogens is 5. The van der Waals surface area contributed by atoms with Crippen molar-refractivity contribution in [3.63, 3.8) is 0 Å². The average molecular weight is 955 g/mol. The molecule has 5 aliphatic carbocycles.